The van der Waals surface area contributed by atoms with E-state index < -0.39 is 6.04 Å². The van der Waals surface area contributed by atoms with E-state index in [2.05, 4.69) is 5.32 Å². The Morgan fingerprint density at radius 3 is 2.80 bits per heavy atom. The Kier molecular flexibility index (Phi) is 4.61. The van der Waals surface area contributed by atoms with Gasteiger partial charge in [0.1, 0.15) is 11.8 Å². The Morgan fingerprint density at radius 2 is 2.10 bits per heavy atom. The summed E-state index contributed by atoms with van der Waals surface area (Å²) < 4.78 is 5.31. The number of nitrogens with one attached hydrogen (secondary N) is 1. The molecule has 20 heavy (non-hydrogen) atoms. The predicted octanol–water partition coefficient (Wildman–Crippen LogP) is 1.32. The summed E-state index contributed by atoms with van der Waals surface area (Å²) in [6.07, 6.45) is 0.949. The van der Waals surface area contributed by atoms with Crippen LogP contribution in [0.25, 0.3) is 0 Å². The van der Waals surface area contributed by atoms with Crippen molar-refractivity contribution in [1.82, 2.24) is 10.2 Å². The van der Waals surface area contributed by atoms with Gasteiger partial charge in [-0.3, -0.25) is 9.59 Å². The smallest absolute Gasteiger partial charge is 0.245 e. The minimum atomic E-state index is -0.417. The lowest BCUT2D eigenvalue weighted by Gasteiger charge is -2.24. The predicted molar refractivity (Wildman–Crippen MR) is 75.2 cm³/mol. The number of methoxy groups -OCH3 is 1. The van der Waals surface area contributed by atoms with E-state index in [1.807, 2.05) is 31.2 Å². The van der Waals surface area contributed by atoms with Gasteiger partial charge in [-0.2, -0.15) is 0 Å². The van der Waals surface area contributed by atoms with Crippen molar-refractivity contribution in [3.63, 3.8) is 0 Å². The van der Waals surface area contributed by atoms with Crippen molar-refractivity contribution >= 4 is 11.8 Å². The van der Waals surface area contributed by atoms with E-state index >= 15 is 0 Å². The molecular weight excluding hydrogens is 256 g/mol. The molecular formula is C15H20N2O3. The Morgan fingerprint density at radius 1 is 1.35 bits per heavy atom. The van der Waals surface area contributed by atoms with Crippen LogP contribution in [0.5, 0.6) is 5.75 Å². The molecule has 1 heterocycles. The van der Waals surface area contributed by atoms with Crippen molar-refractivity contribution in [2.75, 3.05) is 13.7 Å². The number of amides is 2. The Bertz CT molecular complexity index is 502. The fraction of sp³-hybridized carbons (Fsp3) is 0.467. The molecule has 108 valence electrons. The summed E-state index contributed by atoms with van der Waals surface area (Å²) in [6, 6.07) is 7.21. The molecule has 1 unspecified atom stereocenters. The highest BCUT2D eigenvalue weighted by molar-refractivity contribution is 5.89. The number of benzene rings is 1. The van der Waals surface area contributed by atoms with Gasteiger partial charge in [-0.15, -0.1) is 0 Å². The first-order valence-electron chi connectivity index (χ1n) is 6.85. The quantitative estimate of drug-likeness (QED) is 0.902. The van der Waals surface area contributed by atoms with E-state index in [0.29, 0.717) is 25.9 Å². The van der Waals surface area contributed by atoms with Crippen molar-refractivity contribution in [1.29, 1.82) is 0 Å². The summed E-state index contributed by atoms with van der Waals surface area (Å²) in [5.74, 6) is 0.675. The highest BCUT2D eigenvalue weighted by atomic mass is 16.5. The first kappa shape index (κ1) is 14.4. The molecule has 1 fully saturated rings. The molecule has 1 aliphatic heterocycles. The van der Waals surface area contributed by atoms with Crippen LogP contribution in [0.15, 0.2) is 24.3 Å². The molecule has 1 aliphatic rings. The molecule has 5 heteroatoms. The lowest BCUT2D eigenvalue weighted by molar-refractivity contribution is -0.134. The van der Waals surface area contributed by atoms with Gasteiger partial charge in [0.25, 0.3) is 0 Å². The third kappa shape index (κ3) is 3.10. The molecule has 2 rings (SSSR count). The molecule has 2 amide bonds. The third-order valence-electron chi connectivity index (χ3n) is 3.52. The maximum atomic E-state index is 12.4. The largest absolute Gasteiger partial charge is 0.496 e. The van der Waals surface area contributed by atoms with Crippen LogP contribution in [-0.4, -0.2) is 36.4 Å². The fourth-order valence-electron chi connectivity index (χ4n) is 2.37. The lowest BCUT2D eigenvalue weighted by atomic mass is 10.1. The van der Waals surface area contributed by atoms with Gasteiger partial charge in [0, 0.05) is 25.1 Å². The minimum absolute atomic E-state index is 0.0238. The number of carbonyl (C=O) groups is 2. The number of rotatable bonds is 4. The Hall–Kier alpha value is -2.04. The molecule has 0 radical (unpaired) electrons. The first-order valence-corrected chi connectivity index (χ1v) is 6.85. The van der Waals surface area contributed by atoms with Crippen LogP contribution in [0.3, 0.4) is 0 Å². The minimum Gasteiger partial charge on any atom is -0.496 e. The summed E-state index contributed by atoms with van der Waals surface area (Å²) in [7, 11) is 1.61. The van der Waals surface area contributed by atoms with E-state index in [-0.39, 0.29) is 11.8 Å². The molecule has 0 bridgehead atoms. The summed E-state index contributed by atoms with van der Waals surface area (Å²) >= 11 is 0. The van der Waals surface area contributed by atoms with Crippen molar-refractivity contribution in [3.05, 3.63) is 29.8 Å². The number of nitrogens with zero attached hydrogens (tertiary/aromatic N) is 1. The van der Waals surface area contributed by atoms with Crippen molar-refractivity contribution in [2.24, 2.45) is 0 Å². The van der Waals surface area contributed by atoms with Crippen molar-refractivity contribution in [3.8, 4) is 5.75 Å². The van der Waals surface area contributed by atoms with Crippen molar-refractivity contribution in [2.45, 2.75) is 32.4 Å². The van der Waals surface area contributed by atoms with Crippen LogP contribution in [0.1, 0.15) is 25.3 Å². The lowest BCUT2D eigenvalue weighted by Crippen LogP contribution is -2.43. The summed E-state index contributed by atoms with van der Waals surface area (Å²) in [6.45, 7) is 2.81. The Labute approximate surface area is 118 Å². The van der Waals surface area contributed by atoms with E-state index in [9.17, 15) is 9.59 Å². The number of hydrogen-bond donors (Lipinski definition) is 1. The van der Waals surface area contributed by atoms with Gasteiger partial charge in [0.15, 0.2) is 0 Å². The van der Waals surface area contributed by atoms with Gasteiger partial charge in [-0.05, 0) is 12.5 Å². The van der Waals surface area contributed by atoms with Crippen LogP contribution in [0.2, 0.25) is 0 Å². The number of para-hydroxylation sites is 1. The zero-order valence-electron chi connectivity index (χ0n) is 11.9. The van der Waals surface area contributed by atoms with Gasteiger partial charge in [-0.25, -0.2) is 0 Å². The highest BCUT2D eigenvalue weighted by Gasteiger charge is 2.28. The van der Waals surface area contributed by atoms with Gasteiger partial charge in [0.05, 0.1) is 7.11 Å². The van der Waals surface area contributed by atoms with E-state index in [4.69, 9.17) is 4.74 Å². The highest BCUT2D eigenvalue weighted by Crippen LogP contribution is 2.20. The van der Waals surface area contributed by atoms with Crippen LogP contribution < -0.4 is 10.1 Å². The van der Waals surface area contributed by atoms with Gasteiger partial charge in [0.2, 0.25) is 11.8 Å². The van der Waals surface area contributed by atoms with Gasteiger partial charge >= 0.3 is 0 Å². The van der Waals surface area contributed by atoms with Gasteiger partial charge < -0.3 is 15.0 Å². The first-order chi connectivity index (χ1) is 9.65. The topological polar surface area (TPSA) is 58.6 Å². The molecule has 1 N–H and O–H groups in total. The molecule has 1 saturated heterocycles. The molecule has 0 saturated carbocycles. The maximum Gasteiger partial charge on any atom is 0.245 e. The normalized spacial score (nSPS) is 19.5. The van der Waals surface area contributed by atoms with E-state index in [1.165, 1.54) is 0 Å². The SMILES string of the molecule is CCC1NC(=O)CCN(Cc2ccccc2OC)C1=O. The van der Waals surface area contributed by atoms with E-state index in [0.717, 1.165) is 11.3 Å². The number of hydrogen-bond acceptors (Lipinski definition) is 3. The molecule has 1 atom stereocenters. The van der Waals surface area contributed by atoms with Gasteiger partial charge in [-0.1, -0.05) is 25.1 Å². The van der Waals surface area contributed by atoms with E-state index in [1.54, 1.807) is 12.0 Å². The zero-order chi connectivity index (χ0) is 14.5. The molecule has 1 aromatic carbocycles. The third-order valence-corrected chi connectivity index (χ3v) is 3.52. The fourth-order valence-corrected chi connectivity index (χ4v) is 2.37. The van der Waals surface area contributed by atoms with Crippen molar-refractivity contribution < 1.29 is 14.3 Å². The molecule has 1 aromatic rings. The second-order valence-corrected chi connectivity index (χ2v) is 4.85. The average molecular weight is 276 g/mol. The van der Waals surface area contributed by atoms with Crippen LogP contribution >= 0.6 is 0 Å². The van der Waals surface area contributed by atoms with Crippen LogP contribution in [0.4, 0.5) is 0 Å². The second-order valence-electron chi connectivity index (χ2n) is 4.85. The Balaban J connectivity index is 2.18. The molecule has 0 spiro atoms. The average Bonchev–Trinajstić information content (AvgIpc) is 2.60. The molecule has 5 nitrogen and oxygen atoms in total. The second kappa shape index (κ2) is 6.41. The zero-order valence-corrected chi connectivity index (χ0v) is 11.9. The number of ether oxygens (including phenoxy) is 1. The monoisotopic (exact) mass is 276 g/mol. The summed E-state index contributed by atoms with van der Waals surface area (Å²) in [5.41, 5.74) is 0.951. The summed E-state index contributed by atoms with van der Waals surface area (Å²) in [5, 5.41) is 2.76. The summed E-state index contributed by atoms with van der Waals surface area (Å²) in [4.78, 5) is 25.7. The molecule has 0 aliphatic carbocycles. The van der Waals surface area contributed by atoms with Crippen LogP contribution in [-0.2, 0) is 16.1 Å². The number of carbonyl (C=O) groups excluding carboxylic acids is 2. The van der Waals surface area contributed by atoms with Crippen LogP contribution in [0, 0.1) is 0 Å². The standard InChI is InChI=1S/C15H20N2O3/c1-3-12-15(19)17(9-8-14(18)16-12)10-11-6-4-5-7-13(11)20-2/h4-7,12H,3,8-10H2,1-2H3,(H,16,18). The maximum absolute atomic E-state index is 12.4. The molecule has 0 aromatic heterocycles.